The molecule has 0 aromatic carbocycles. The number of likely N-dealkylation sites (tertiary alicyclic amines) is 1. The van der Waals surface area contributed by atoms with Crippen LogP contribution in [0.3, 0.4) is 0 Å². The van der Waals surface area contributed by atoms with Crippen LogP contribution in [-0.4, -0.2) is 38.1 Å². The van der Waals surface area contributed by atoms with E-state index in [-0.39, 0.29) is 0 Å². The Balaban J connectivity index is 1.43. The van der Waals surface area contributed by atoms with Crippen LogP contribution in [0.4, 0.5) is 0 Å². The summed E-state index contributed by atoms with van der Waals surface area (Å²) < 4.78 is 5.48. The van der Waals surface area contributed by atoms with Gasteiger partial charge in [0, 0.05) is 43.4 Å². The highest BCUT2D eigenvalue weighted by Gasteiger charge is 2.28. The van der Waals surface area contributed by atoms with Gasteiger partial charge in [-0.2, -0.15) is 4.98 Å². The number of nitrogens with zero attached hydrogens (tertiary/aromatic N) is 5. The number of hydrogen-bond donors (Lipinski definition) is 0. The monoisotopic (exact) mass is 307 g/mol. The molecule has 3 aromatic rings. The van der Waals surface area contributed by atoms with Gasteiger partial charge in [0.1, 0.15) is 0 Å². The van der Waals surface area contributed by atoms with Crippen LogP contribution < -0.4 is 0 Å². The number of aromatic nitrogens is 4. The quantitative estimate of drug-likeness (QED) is 0.738. The third-order valence-corrected chi connectivity index (χ3v) is 4.16. The zero-order chi connectivity index (χ0) is 15.5. The summed E-state index contributed by atoms with van der Waals surface area (Å²) in [6, 6.07) is 7.89. The highest BCUT2D eigenvalue weighted by molar-refractivity contribution is 5.52. The highest BCUT2D eigenvalue weighted by atomic mass is 16.5. The molecule has 6 heteroatoms. The Kier molecular flexibility index (Phi) is 3.81. The molecular formula is C17H17N5O. The van der Waals surface area contributed by atoms with Crippen molar-refractivity contribution < 1.29 is 4.52 Å². The van der Waals surface area contributed by atoms with Gasteiger partial charge in [-0.3, -0.25) is 14.9 Å². The van der Waals surface area contributed by atoms with Crippen molar-refractivity contribution in [2.75, 3.05) is 13.1 Å². The molecule has 0 amide bonds. The average molecular weight is 307 g/mol. The SMILES string of the molecule is c1cc(CN2CC[C@H](c3nc(-c4ccncc4)no3)C2)ccn1. The molecule has 1 atom stereocenters. The molecule has 0 bridgehead atoms. The van der Waals surface area contributed by atoms with Crippen molar-refractivity contribution in [2.24, 2.45) is 0 Å². The van der Waals surface area contributed by atoms with Gasteiger partial charge < -0.3 is 4.52 Å². The predicted octanol–water partition coefficient (Wildman–Crippen LogP) is 2.52. The Hall–Kier alpha value is -2.60. The van der Waals surface area contributed by atoms with E-state index in [4.69, 9.17) is 4.52 Å². The van der Waals surface area contributed by atoms with Crippen LogP contribution in [0.2, 0.25) is 0 Å². The molecular weight excluding hydrogens is 290 g/mol. The molecule has 1 aliphatic rings. The fourth-order valence-corrected chi connectivity index (χ4v) is 2.94. The zero-order valence-corrected chi connectivity index (χ0v) is 12.7. The molecule has 0 aliphatic carbocycles. The van der Waals surface area contributed by atoms with Crippen LogP contribution in [0.25, 0.3) is 11.4 Å². The Morgan fingerprint density at radius 2 is 1.78 bits per heavy atom. The van der Waals surface area contributed by atoms with Crippen molar-refractivity contribution >= 4 is 0 Å². The van der Waals surface area contributed by atoms with E-state index in [1.165, 1.54) is 5.56 Å². The maximum atomic E-state index is 5.48. The van der Waals surface area contributed by atoms with Gasteiger partial charge in [0.2, 0.25) is 11.7 Å². The number of hydrogen-bond acceptors (Lipinski definition) is 6. The first-order valence-corrected chi connectivity index (χ1v) is 7.74. The fraction of sp³-hybridized carbons (Fsp3) is 0.294. The van der Waals surface area contributed by atoms with E-state index in [1.807, 2.05) is 24.5 Å². The smallest absolute Gasteiger partial charge is 0.231 e. The van der Waals surface area contributed by atoms with Crippen molar-refractivity contribution in [1.82, 2.24) is 25.0 Å². The van der Waals surface area contributed by atoms with E-state index in [0.717, 1.165) is 37.5 Å². The molecule has 0 radical (unpaired) electrons. The number of pyridine rings is 2. The van der Waals surface area contributed by atoms with Crippen LogP contribution >= 0.6 is 0 Å². The molecule has 0 N–H and O–H groups in total. The largest absolute Gasteiger partial charge is 0.339 e. The summed E-state index contributed by atoms with van der Waals surface area (Å²) in [4.78, 5) is 15.0. The first-order chi connectivity index (χ1) is 11.4. The molecule has 116 valence electrons. The third-order valence-electron chi connectivity index (χ3n) is 4.16. The van der Waals surface area contributed by atoms with Gasteiger partial charge >= 0.3 is 0 Å². The van der Waals surface area contributed by atoms with E-state index < -0.39 is 0 Å². The summed E-state index contributed by atoms with van der Waals surface area (Å²) in [6.07, 6.45) is 8.18. The summed E-state index contributed by atoms with van der Waals surface area (Å²) in [5.41, 5.74) is 2.21. The van der Waals surface area contributed by atoms with Gasteiger partial charge in [0.25, 0.3) is 0 Å². The van der Waals surface area contributed by atoms with E-state index in [2.05, 4.69) is 37.1 Å². The first kappa shape index (κ1) is 14.0. The second kappa shape index (κ2) is 6.26. The minimum atomic E-state index is 0.305. The van der Waals surface area contributed by atoms with Crippen LogP contribution in [0, 0.1) is 0 Å². The topological polar surface area (TPSA) is 67.9 Å². The average Bonchev–Trinajstić information content (AvgIpc) is 3.26. The molecule has 23 heavy (non-hydrogen) atoms. The van der Waals surface area contributed by atoms with Crippen LogP contribution in [0.15, 0.2) is 53.6 Å². The Morgan fingerprint density at radius 1 is 1.04 bits per heavy atom. The fourth-order valence-electron chi connectivity index (χ4n) is 2.94. The summed E-state index contributed by atoms with van der Waals surface area (Å²) >= 11 is 0. The molecule has 0 spiro atoms. The summed E-state index contributed by atoms with van der Waals surface area (Å²) in [7, 11) is 0. The van der Waals surface area contributed by atoms with Crippen molar-refractivity contribution in [1.29, 1.82) is 0 Å². The Morgan fingerprint density at radius 3 is 2.57 bits per heavy atom. The second-order valence-corrected chi connectivity index (χ2v) is 5.77. The molecule has 3 aromatic heterocycles. The normalized spacial score (nSPS) is 18.3. The van der Waals surface area contributed by atoms with Gasteiger partial charge in [0.05, 0.1) is 5.92 Å². The summed E-state index contributed by atoms with van der Waals surface area (Å²) in [5, 5.41) is 4.10. The highest BCUT2D eigenvalue weighted by Crippen LogP contribution is 2.28. The molecule has 0 unspecified atom stereocenters. The van der Waals surface area contributed by atoms with Crippen molar-refractivity contribution in [3.05, 3.63) is 60.5 Å². The van der Waals surface area contributed by atoms with Gasteiger partial charge in [-0.25, -0.2) is 0 Å². The molecule has 4 heterocycles. The van der Waals surface area contributed by atoms with E-state index >= 15 is 0 Å². The van der Waals surface area contributed by atoms with Gasteiger partial charge in [0.15, 0.2) is 0 Å². The zero-order valence-electron chi connectivity index (χ0n) is 12.7. The molecule has 0 saturated carbocycles. The van der Waals surface area contributed by atoms with Gasteiger partial charge in [-0.15, -0.1) is 0 Å². The summed E-state index contributed by atoms with van der Waals surface area (Å²) in [6.45, 7) is 2.92. The summed E-state index contributed by atoms with van der Waals surface area (Å²) in [5.74, 6) is 1.67. The molecule has 1 aliphatic heterocycles. The van der Waals surface area contributed by atoms with Crippen LogP contribution in [-0.2, 0) is 6.54 Å². The van der Waals surface area contributed by atoms with Crippen LogP contribution in [0.5, 0.6) is 0 Å². The molecule has 1 fully saturated rings. The molecule has 6 nitrogen and oxygen atoms in total. The first-order valence-electron chi connectivity index (χ1n) is 7.74. The van der Waals surface area contributed by atoms with Crippen LogP contribution in [0.1, 0.15) is 23.8 Å². The lowest BCUT2D eigenvalue weighted by Crippen LogP contribution is -2.19. The van der Waals surface area contributed by atoms with Crippen molar-refractivity contribution in [3.8, 4) is 11.4 Å². The second-order valence-electron chi connectivity index (χ2n) is 5.77. The van der Waals surface area contributed by atoms with Crippen molar-refractivity contribution in [2.45, 2.75) is 18.9 Å². The van der Waals surface area contributed by atoms with Crippen molar-refractivity contribution in [3.63, 3.8) is 0 Å². The Bertz CT molecular complexity index is 759. The van der Waals surface area contributed by atoms with Gasteiger partial charge in [-0.05, 0) is 42.8 Å². The third kappa shape index (κ3) is 3.12. The maximum Gasteiger partial charge on any atom is 0.231 e. The number of rotatable bonds is 4. The lowest BCUT2D eigenvalue weighted by atomic mass is 10.1. The minimum Gasteiger partial charge on any atom is -0.339 e. The molecule has 4 rings (SSSR count). The Labute approximate surface area is 134 Å². The maximum absolute atomic E-state index is 5.48. The lowest BCUT2D eigenvalue weighted by Gasteiger charge is -2.14. The standard InChI is InChI=1S/C17H17N5O/c1-6-18-7-2-13(1)11-22-10-5-15(12-22)17-20-16(21-23-17)14-3-8-19-9-4-14/h1-4,6-9,15H,5,10-12H2/t15-/m0/s1. The van der Waals surface area contributed by atoms with E-state index in [9.17, 15) is 0 Å². The molecule has 1 saturated heterocycles. The minimum absolute atomic E-state index is 0.305. The van der Waals surface area contributed by atoms with Gasteiger partial charge in [-0.1, -0.05) is 5.16 Å². The lowest BCUT2D eigenvalue weighted by molar-refractivity contribution is 0.309. The van der Waals surface area contributed by atoms with E-state index in [0.29, 0.717) is 11.7 Å². The predicted molar refractivity (Wildman–Crippen MR) is 84.4 cm³/mol. The van der Waals surface area contributed by atoms with E-state index in [1.54, 1.807) is 12.4 Å².